The molecule has 0 aliphatic heterocycles. The average molecular weight is 236 g/mol. The number of hydrogen-bond donors (Lipinski definition) is 2. The molecule has 0 bridgehead atoms. The van der Waals surface area contributed by atoms with Crippen LogP contribution in [0.25, 0.3) is 0 Å². The summed E-state index contributed by atoms with van der Waals surface area (Å²) in [6, 6.07) is 6.67. The standard InChI is InChI=1S/C13H20N2S/c1-5-11(4)14-13(16)15-12-7-6-9(2)10(3)8-12/h6-8,11H,5H2,1-4H3,(H2,14,15,16). The van der Waals surface area contributed by atoms with Gasteiger partial charge in [0.25, 0.3) is 0 Å². The van der Waals surface area contributed by atoms with Crippen LogP contribution in [0.1, 0.15) is 31.4 Å². The lowest BCUT2D eigenvalue weighted by Crippen LogP contribution is -2.35. The van der Waals surface area contributed by atoms with Crippen LogP contribution in [0.15, 0.2) is 18.2 Å². The molecule has 16 heavy (non-hydrogen) atoms. The highest BCUT2D eigenvalue weighted by Crippen LogP contribution is 2.13. The normalized spacial score (nSPS) is 12.0. The van der Waals surface area contributed by atoms with E-state index < -0.39 is 0 Å². The largest absolute Gasteiger partial charge is 0.360 e. The molecule has 1 aromatic rings. The molecule has 1 unspecified atom stereocenters. The van der Waals surface area contributed by atoms with Gasteiger partial charge in [-0.05, 0) is 62.7 Å². The van der Waals surface area contributed by atoms with Gasteiger partial charge in [-0.1, -0.05) is 13.0 Å². The summed E-state index contributed by atoms with van der Waals surface area (Å²) in [5, 5.41) is 7.12. The minimum atomic E-state index is 0.409. The molecule has 0 saturated heterocycles. The molecule has 0 aliphatic carbocycles. The molecular formula is C13H20N2S. The zero-order valence-electron chi connectivity index (χ0n) is 10.4. The highest BCUT2D eigenvalue weighted by atomic mass is 32.1. The van der Waals surface area contributed by atoms with Gasteiger partial charge in [-0.25, -0.2) is 0 Å². The molecule has 0 amide bonds. The first kappa shape index (κ1) is 13.0. The molecule has 1 rings (SSSR count). The fourth-order valence-electron chi connectivity index (χ4n) is 1.31. The van der Waals surface area contributed by atoms with Gasteiger partial charge in [0.15, 0.2) is 5.11 Å². The van der Waals surface area contributed by atoms with Crippen LogP contribution in [0.3, 0.4) is 0 Å². The van der Waals surface area contributed by atoms with Crippen LogP contribution < -0.4 is 10.6 Å². The number of aryl methyl sites for hydroxylation is 2. The molecular weight excluding hydrogens is 216 g/mol. The molecule has 0 spiro atoms. The lowest BCUT2D eigenvalue weighted by Gasteiger charge is -2.15. The molecule has 1 aromatic carbocycles. The van der Waals surface area contributed by atoms with Gasteiger partial charge in [0.1, 0.15) is 0 Å². The second kappa shape index (κ2) is 5.85. The molecule has 2 nitrogen and oxygen atoms in total. The van der Waals surface area contributed by atoms with Crippen molar-refractivity contribution >= 4 is 23.0 Å². The van der Waals surface area contributed by atoms with E-state index in [0.717, 1.165) is 12.1 Å². The Hall–Kier alpha value is -1.09. The van der Waals surface area contributed by atoms with E-state index >= 15 is 0 Å². The molecule has 2 N–H and O–H groups in total. The highest BCUT2D eigenvalue weighted by Gasteiger charge is 2.02. The molecule has 0 fully saturated rings. The Morgan fingerprint density at radius 2 is 2.00 bits per heavy atom. The summed E-state index contributed by atoms with van der Waals surface area (Å²) in [7, 11) is 0. The summed E-state index contributed by atoms with van der Waals surface area (Å²) in [5.74, 6) is 0. The summed E-state index contributed by atoms with van der Waals surface area (Å²) < 4.78 is 0. The summed E-state index contributed by atoms with van der Waals surface area (Å²) in [4.78, 5) is 0. The number of nitrogens with one attached hydrogen (secondary N) is 2. The minimum absolute atomic E-state index is 0.409. The summed E-state index contributed by atoms with van der Waals surface area (Å²) in [6.07, 6.45) is 1.06. The summed E-state index contributed by atoms with van der Waals surface area (Å²) in [6.45, 7) is 8.46. The van der Waals surface area contributed by atoms with Gasteiger partial charge in [0, 0.05) is 11.7 Å². The second-order valence-corrected chi connectivity index (χ2v) is 4.62. The predicted molar refractivity (Wildman–Crippen MR) is 75.0 cm³/mol. The van der Waals surface area contributed by atoms with Crippen molar-refractivity contribution in [1.82, 2.24) is 5.32 Å². The van der Waals surface area contributed by atoms with Crippen LogP contribution in [0.5, 0.6) is 0 Å². The first-order valence-electron chi connectivity index (χ1n) is 5.67. The number of benzene rings is 1. The van der Waals surface area contributed by atoms with E-state index in [0.29, 0.717) is 11.2 Å². The van der Waals surface area contributed by atoms with Crippen LogP contribution >= 0.6 is 12.2 Å². The molecule has 88 valence electrons. The number of hydrogen-bond acceptors (Lipinski definition) is 1. The lowest BCUT2D eigenvalue weighted by atomic mass is 10.1. The third-order valence-corrected chi connectivity index (χ3v) is 2.97. The SMILES string of the molecule is CCC(C)NC(=S)Nc1ccc(C)c(C)c1. The maximum atomic E-state index is 5.23. The fourth-order valence-corrected chi connectivity index (χ4v) is 1.63. The van der Waals surface area contributed by atoms with Gasteiger partial charge in [-0.15, -0.1) is 0 Å². The zero-order valence-corrected chi connectivity index (χ0v) is 11.2. The molecule has 0 heterocycles. The molecule has 3 heteroatoms. The Balaban J connectivity index is 2.59. The van der Waals surface area contributed by atoms with Gasteiger partial charge in [0.2, 0.25) is 0 Å². The van der Waals surface area contributed by atoms with Crippen molar-refractivity contribution in [3.8, 4) is 0 Å². The maximum Gasteiger partial charge on any atom is 0.170 e. The zero-order chi connectivity index (χ0) is 12.1. The predicted octanol–water partition coefficient (Wildman–Crippen LogP) is 3.39. The molecule has 0 aromatic heterocycles. The van der Waals surface area contributed by atoms with Gasteiger partial charge >= 0.3 is 0 Å². The number of anilines is 1. The van der Waals surface area contributed by atoms with Crippen molar-refractivity contribution < 1.29 is 0 Å². The van der Waals surface area contributed by atoms with Crippen molar-refractivity contribution in [2.75, 3.05) is 5.32 Å². The van der Waals surface area contributed by atoms with Crippen LogP contribution in [0.2, 0.25) is 0 Å². The molecule has 0 aliphatic rings. The van der Waals surface area contributed by atoms with Crippen molar-refractivity contribution in [2.24, 2.45) is 0 Å². The molecule has 0 saturated carbocycles. The highest BCUT2D eigenvalue weighted by molar-refractivity contribution is 7.80. The Morgan fingerprint density at radius 3 is 2.56 bits per heavy atom. The maximum absolute atomic E-state index is 5.23. The van der Waals surface area contributed by atoms with Crippen LogP contribution in [0, 0.1) is 13.8 Å². The van der Waals surface area contributed by atoms with Crippen LogP contribution in [-0.2, 0) is 0 Å². The van der Waals surface area contributed by atoms with Gasteiger partial charge < -0.3 is 10.6 Å². The smallest absolute Gasteiger partial charge is 0.170 e. The van der Waals surface area contributed by atoms with E-state index in [4.69, 9.17) is 12.2 Å². The van der Waals surface area contributed by atoms with E-state index in [2.05, 4.69) is 50.5 Å². The Morgan fingerprint density at radius 1 is 1.31 bits per heavy atom. The third-order valence-electron chi connectivity index (χ3n) is 2.75. The summed E-state index contributed by atoms with van der Waals surface area (Å²) >= 11 is 5.23. The van der Waals surface area contributed by atoms with Crippen molar-refractivity contribution in [3.05, 3.63) is 29.3 Å². The summed E-state index contributed by atoms with van der Waals surface area (Å²) in [5.41, 5.74) is 3.62. The van der Waals surface area contributed by atoms with Crippen LogP contribution in [0.4, 0.5) is 5.69 Å². The average Bonchev–Trinajstić information content (AvgIpc) is 2.23. The van der Waals surface area contributed by atoms with Gasteiger partial charge in [-0.3, -0.25) is 0 Å². The van der Waals surface area contributed by atoms with E-state index in [1.807, 2.05) is 6.07 Å². The Kier molecular flexibility index (Phi) is 4.74. The van der Waals surface area contributed by atoms with E-state index in [1.54, 1.807) is 0 Å². The van der Waals surface area contributed by atoms with Gasteiger partial charge in [-0.2, -0.15) is 0 Å². The minimum Gasteiger partial charge on any atom is -0.360 e. The fraction of sp³-hybridized carbons (Fsp3) is 0.462. The van der Waals surface area contributed by atoms with E-state index in [1.165, 1.54) is 11.1 Å². The van der Waals surface area contributed by atoms with Crippen molar-refractivity contribution in [2.45, 2.75) is 40.2 Å². The van der Waals surface area contributed by atoms with Crippen molar-refractivity contribution in [1.29, 1.82) is 0 Å². The molecule has 0 radical (unpaired) electrons. The Labute approximate surface area is 103 Å². The topological polar surface area (TPSA) is 24.1 Å². The number of thiocarbonyl (C=S) groups is 1. The van der Waals surface area contributed by atoms with Gasteiger partial charge in [0.05, 0.1) is 0 Å². The monoisotopic (exact) mass is 236 g/mol. The van der Waals surface area contributed by atoms with E-state index in [-0.39, 0.29) is 0 Å². The van der Waals surface area contributed by atoms with E-state index in [9.17, 15) is 0 Å². The quantitative estimate of drug-likeness (QED) is 0.787. The second-order valence-electron chi connectivity index (χ2n) is 4.21. The number of rotatable bonds is 3. The lowest BCUT2D eigenvalue weighted by molar-refractivity contribution is 0.646. The van der Waals surface area contributed by atoms with Crippen LogP contribution in [-0.4, -0.2) is 11.2 Å². The first-order chi connectivity index (χ1) is 7.52. The molecule has 1 atom stereocenters. The third kappa shape index (κ3) is 3.81. The Bertz CT molecular complexity index is 374. The van der Waals surface area contributed by atoms with Crippen molar-refractivity contribution in [3.63, 3.8) is 0 Å². The first-order valence-corrected chi connectivity index (χ1v) is 6.08.